The van der Waals surface area contributed by atoms with Gasteiger partial charge in [-0.25, -0.2) is 0 Å². The molecule has 0 unspecified atom stereocenters. The summed E-state index contributed by atoms with van der Waals surface area (Å²) >= 11 is 1.74. The van der Waals surface area contributed by atoms with E-state index >= 15 is 0 Å². The molecule has 0 atom stereocenters. The number of nitrogens with zero attached hydrogens (tertiary/aromatic N) is 1. The van der Waals surface area contributed by atoms with Crippen LogP contribution in [0.2, 0.25) is 0 Å². The highest BCUT2D eigenvalue weighted by Crippen LogP contribution is 2.29. The fraction of sp³-hybridized carbons (Fsp3) is 0.286. The minimum atomic E-state index is -4.65. The highest BCUT2D eigenvalue weighted by Gasteiger charge is 2.32. The topological polar surface area (TPSA) is 22.1 Å². The Bertz CT molecular complexity index is 293. The van der Waals surface area contributed by atoms with Crippen molar-refractivity contribution in [3.63, 3.8) is 0 Å². The number of ether oxygens (including phenoxy) is 1. The molecule has 0 saturated carbocycles. The quantitative estimate of drug-likeness (QED) is 0.744. The molecule has 0 radical (unpaired) electrons. The molecule has 6 heteroatoms. The van der Waals surface area contributed by atoms with Crippen LogP contribution in [0.15, 0.2) is 12.4 Å². The van der Waals surface area contributed by atoms with Crippen molar-refractivity contribution in [1.82, 2.24) is 4.98 Å². The maximum atomic E-state index is 11.9. The van der Waals surface area contributed by atoms with Crippen LogP contribution in [0.3, 0.4) is 0 Å². The number of hydrogen-bond acceptors (Lipinski definition) is 2. The van der Waals surface area contributed by atoms with Gasteiger partial charge in [-0.05, 0) is 29.5 Å². The molecule has 13 heavy (non-hydrogen) atoms. The van der Waals surface area contributed by atoms with E-state index in [9.17, 15) is 13.2 Å². The van der Waals surface area contributed by atoms with Gasteiger partial charge in [0, 0.05) is 18.0 Å². The van der Waals surface area contributed by atoms with Crippen LogP contribution in [0, 0.1) is 10.5 Å². The van der Waals surface area contributed by atoms with Crippen molar-refractivity contribution in [3.8, 4) is 5.75 Å². The van der Waals surface area contributed by atoms with Gasteiger partial charge in [-0.15, -0.1) is 13.2 Å². The van der Waals surface area contributed by atoms with Crippen LogP contribution >= 0.6 is 22.6 Å². The summed E-state index contributed by atoms with van der Waals surface area (Å²) < 4.78 is 39.7. The van der Waals surface area contributed by atoms with E-state index in [0.717, 1.165) is 0 Å². The lowest BCUT2D eigenvalue weighted by Gasteiger charge is -2.11. The third kappa shape index (κ3) is 3.02. The molecule has 72 valence electrons. The summed E-state index contributed by atoms with van der Waals surface area (Å²) in [6, 6.07) is 0. The minimum absolute atomic E-state index is 0.178. The van der Waals surface area contributed by atoms with Gasteiger partial charge in [-0.3, -0.25) is 4.98 Å². The number of aryl methyl sites for hydroxylation is 1. The number of halogens is 4. The van der Waals surface area contributed by atoms with Gasteiger partial charge in [0.25, 0.3) is 0 Å². The summed E-state index contributed by atoms with van der Waals surface area (Å²) in [5.74, 6) is -0.178. The highest BCUT2D eigenvalue weighted by atomic mass is 127. The van der Waals surface area contributed by atoms with Crippen LogP contribution in [0.1, 0.15) is 5.56 Å². The van der Waals surface area contributed by atoms with Gasteiger partial charge in [0.05, 0.1) is 3.57 Å². The Morgan fingerprint density at radius 3 is 2.46 bits per heavy atom. The first-order chi connectivity index (χ1) is 5.90. The van der Waals surface area contributed by atoms with Crippen LogP contribution in [0.4, 0.5) is 13.2 Å². The molecular formula is C7H5F3INO. The Kier molecular flexibility index (Phi) is 2.99. The molecule has 0 spiro atoms. The zero-order valence-corrected chi connectivity index (χ0v) is 8.68. The third-order valence-electron chi connectivity index (χ3n) is 1.25. The van der Waals surface area contributed by atoms with Crippen LogP contribution in [-0.2, 0) is 0 Å². The summed E-state index contributed by atoms with van der Waals surface area (Å²) in [5, 5.41) is 0. The monoisotopic (exact) mass is 303 g/mol. The first kappa shape index (κ1) is 10.6. The van der Waals surface area contributed by atoms with Gasteiger partial charge >= 0.3 is 6.36 Å². The van der Waals surface area contributed by atoms with Gasteiger partial charge in [0.2, 0.25) is 0 Å². The lowest BCUT2D eigenvalue weighted by Crippen LogP contribution is -2.18. The van der Waals surface area contributed by atoms with E-state index < -0.39 is 6.36 Å². The van der Waals surface area contributed by atoms with Crippen LogP contribution in [0.25, 0.3) is 0 Å². The van der Waals surface area contributed by atoms with Gasteiger partial charge < -0.3 is 4.74 Å². The van der Waals surface area contributed by atoms with Gasteiger partial charge in [0.1, 0.15) is 5.75 Å². The van der Waals surface area contributed by atoms with Gasteiger partial charge in [0.15, 0.2) is 0 Å². The van der Waals surface area contributed by atoms with Gasteiger partial charge in [-0.1, -0.05) is 0 Å². The van der Waals surface area contributed by atoms with Crippen molar-refractivity contribution in [1.29, 1.82) is 0 Å². The van der Waals surface area contributed by atoms with Crippen molar-refractivity contribution < 1.29 is 17.9 Å². The van der Waals surface area contributed by atoms with E-state index in [1.165, 1.54) is 19.3 Å². The SMILES string of the molecule is Cc1cncc(I)c1OC(F)(F)F. The van der Waals surface area contributed by atoms with Crippen LogP contribution in [-0.4, -0.2) is 11.3 Å². The smallest absolute Gasteiger partial charge is 0.404 e. The van der Waals surface area contributed by atoms with Crippen LogP contribution < -0.4 is 4.74 Å². The van der Waals surface area contributed by atoms with Crippen molar-refractivity contribution in [2.24, 2.45) is 0 Å². The fourth-order valence-electron chi connectivity index (χ4n) is 0.765. The predicted molar refractivity (Wildman–Crippen MR) is 48.4 cm³/mol. The molecular weight excluding hydrogens is 298 g/mol. The summed E-state index contributed by atoms with van der Waals surface area (Å²) in [7, 11) is 0. The lowest BCUT2D eigenvalue weighted by atomic mass is 10.3. The zero-order valence-electron chi connectivity index (χ0n) is 6.52. The Labute approximate surface area is 86.3 Å². The molecule has 0 bridgehead atoms. The van der Waals surface area contributed by atoms with Crippen molar-refractivity contribution in [2.45, 2.75) is 13.3 Å². The van der Waals surface area contributed by atoms with E-state index in [4.69, 9.17) is 0 Å². The molecule has 0 aliphatic heterocycles. The molecule has 1 rings (SSSR count). The van der Waals surface area contributed by atoms with Gasteiger partial charge in [-0.2, -0.15) is 0 Å². The van der Waals surface area contributed by atoms with E-state index in [-0.39, 0.29) is 5.75 Å². The van der Waals surface area contributed by atoms with Crippen molar-refractivity contribution >= 4 is 22.6 Å². The summed E-state index contributed by atoms with van der Waals surface area (Å²) in [6.07, 6.45) is -2.01. The maximum Gasteiger partial charge on any atom is 0.573 e. The molecule has 0 fully saturated rings. The average molecular weight is 303 g/mol. The number of hydrogen-bond donors (Lipinski definition) is 0. The molecule has 0 saturated heterocycles. The Hall–Kier alpha value is -0.530. The molecule has 0 aromatic carbocycles. The van der Waals surface area contributed by atoms with Crippen molar-refractivity contribution in [3.05, 3.63) is 21.5 Å². The molecule has 0 N–H and O–H groups in total. The van der Waals surface area contributed by atoms with E-state index in [0.29, 0.717) is 9.13 Å². The number of pyridine rings is 1. The Morgan fingerprint density at radius 2 is 2.00 bits per heavy atom. The number of rotatable bonds is 1. The molecule has 2 nitrogen and oxygen atoms in total. The molecule has 1 aromatic heterocycles. The standard InChI is InChI=1S/C7H5F3INO/c1-4-2-12-3-5(11)6(4)13-7(8,9)10/h2-3H,1H3. The second-order valence-electron chi connectivity index (χ2n) is 2.32. The minimum Gasteiger partial charge on any atom is -0.404 e. The number of alkyl halides is 3. The first-order valence-electron chi connectivity index (χ1n) is 3.26. The number of aromatic nitrogens is 1. The lowest BCUT2D eigenvalue weighted by molar-refractivity contribution is -0.275. The van der Waals surface area contributed by atoms with Crippen LogP contribution in [0.5, 0.6) is 5.75 Å². The fourth-order valence-corrected chi connectivity index (χ4v) is 1.46. The molecule has 0 aliphatic carbocycles. The predicted octanol–water partition coefficient (Wildman–Crippen LogP) is 2.89. The zero-order chi connectivity index (χ0) is 10.1. The molecule has 1 aromatic rings. The first-order valence-corrected chi connectivity index (χ1v) is 4.34. The Balaban J connectivity index is 3.00. The van der Waals surface area contributed by atoms with E-state index in [1.54, 1.807) is 22.6 Å². The highest BCUT2D eigenvalue weighted by molar-refractivity contribution is 14.1. The molecule has 0 amide bonds. The van der Waals surface area contributed by atoms with E-state index in [2.05, 4.69) is 9.72 Å². The average Bonchev–Trinajstić information content (AvgIpc) is 1.95. The van der Waals surface area contributed by atoms with Crippen molar-refractivity contribution in [2.75, 3.05) is 0 Å². The second-order valence-corrected chi connectivity index (χ2v) is 3.48. The normalized spacial score (nSPS) is 11.5. The largest absolute Gasteiger partial charge is 0.573 e. The third-order valence-corrected chi connectivity index (χ3v) is 2.02. The Morgan fingerprint density at radius 1 is 1.38 bits per heavy atom. The summed E-state index contributed by atoms with van der Waals surface area (Å²) in [4.78, 5) is 3.72. The summed E-state index contributed by atoms with van der Waals surface area (Å²) in [6.45, 7) is 1.51. The van der Waals surface area contributed by atoms with E-state index in [1.807, 2.05) is 0 Å². The molecule has 1 heterocycles. The maximum absolute atomic E-state index is 11.9. The molecule has 0 aliphatic rings. The second kappa shape index (κ2) is 3.69. The summed E-state index contributed by atoms with van der Waals surface area (Å²) in [5.41, 5.74) is 0.365.